The van der Waals surface area contributed by atoms with E-state index in [9.17, 15) is 5.26 Å². The highest BCUT2D eigenvalue weighted by Crippen LogP contribution is 2.35. The van der Waals surface area contributed by atoms with Gasteiger partial charge in [0.1, 0.15) is 18.4 Å². The molecule has 5 rings (SSSR count). The molecular formula is C29H26N6O. The zero-order valence-electron chi connectivity index (χ0n) is 20.0. The fourth-order valence-corrected chi connectivity index (χ4v) is 4.16. The third kappa shape index (κ3) is 5.04. The molecule has 7 heteroatoms. The number of benzene rings is 2. The van der Waals surface area contributed by atoms with E-state index < -0.39 is 0 Å². The molecule has 0 unspecified atom stereocenters. The van der Waals surface area contributed by atoms with Crippen molar-refractivity contribution in [3.05, 3.63) is 102 Å². The Bertz CT molecular complexity index is 1500. The van der Waals surface area contributed by atoms with Crippen LogP contribution in [0.25, 0.3) is 22.0 Å². The zero-order chi connectivity index (χ0) is 24.7. The van der Waals surface area contributed by atoms with Crippen LogP contribution in [0, 0.1) is 18.3 Å². The van der Waals surface area contributed by atoms with Gasteiger partial charge in [-0.1, -0.05) is 18.2 Å². The van der Waals surface area contributed by atoms with E-state index in [1.807, 2.05) is 60.9 Å². The van der Waals surface area contributed by atoms with Crippen LogP contribution in [0.15, 0.2) is 85.6 Å². The van der Waals surface area contributed by atoms with Gasteiger partial charge in [-0.25, -0.2) is 0 Å². The lowest BCUT2D eigenvalue weighted by Crippen LogP contribution is -2.20. The van der Waals surface area contributed by atoms with Gasteiger partial charge in [0, 0.05) is 66.2 Å². The lowest BCUT2D eigenvalue weighted by Gasteiger charge is -2.16. The number of hydrogen-bond acceptors (Lipinski definition) is 6. The molecule has 3 N–H and O–H groups in total. The van der Waals surface area contributed by atoms with Crippen LogP contribution >= 0.6 is 0 Å². The second-order valence-corrected chi connectivity index (χ2v) is 8.43. The molecule has 0 bridgehead atoms. The second kappa shape index (κ2) is 10.7. The molecule has 0 aliphatic carbocycles. The van der Waals surface area contributed by atoms with E-state index in [1.54, 1.807) is 18.6 Å². The number of nitriles is 1. The van der Waals surface area contributed by atoms with Crippen molar-refractivity contribution in [2.45, 2.75) is 13.5 Å². The van der Waals surface area contributed by atoms with Gasteiger partial charge in [-0.2, -0.15) is 5.26 Å². The summed E-state index contributed by atoms with van der Waals surface area (Å²) < 4.78 is 5.89. The molecule has 7 nitrogen and oxygen atoms in total. The van der Waals surface area contributed by atoms with Crippen LogP contribution in [0.1, 0.15) is 16.7 Å². The van der Waals surface area contributed by atoms with E-state index in [2.05, 4.69) is 44.6 Å². The quantitative estimate of drug-likeness (QED) is 0.237. The first kappa shape index (κ1) is 23.1. The van der Waals surface area contributed by atoms with Gasteiger partial charge in [0.15, 0.2) is 0 Å². The molecule has 0 radical (unpaired) electrons. The number of aryl methyl sites for hydroxylation is 1. The summed E-state index contributed by atoms with van der Waals surface area (Å²) in [6.45, 7) is 4.11. The Morgan fingerprint density at radius 3 is 2.69 bits per heavy atom. The molecule has 3 heterocycles. The SMILES string of the molecule is Cc1c(Nc2c(C#N)cncc2-c2ccc(OCCNCc3cccnc3)cc2)ccc2[nH]ccc12. The summed E-state index contributed by atoms with van der Waals surface area (Å²) in [6, 6.07) is 20.2. The summed E-state index contributed by atoms with van der Waals surface area (Å²) in [5, 5.41) is 17.8. The number of aromatic nitrogens is 3. The number of fused-ring (bicyclic) bond motifs is 1. The minimum atomic E-state index is 0.487. The average molecular weight is 475 g/mol. The van der Waals surface area contributed by atoms with Crippen molar-refractivity contribution >= 4 is 22.3 Å². The van der Waals surface area contributed by atoms with Crippen molar-refractivity contribution in [2.24, 2.45) is 0 Å². The first-order valence-corrected chi connectivity index (χ1v) is 11.8. The number of anilines is 2. The molecule has 178 valence electrons. The number of rotatable bonds is 9. The van der Waals surface area contributed by atoms with E-state index in [0.717, 1.165) is 63.4 Å². The maximum atomic E-state index is 9.77. The number of nitrogens with one attached hydrogen (secondary N) is 3. The lowest BCUT2D eigenvalue weighted by atomic mass is 10.0. The Labute approximate surface area is 209 Å². The number of aromatic amines is 1. The summed E-state index contributed by atoms with van der Waals surface area (Å²) in [5.41, 5.74) is 7.31. The zero-order valence-corrected chi connectivity index (χ0v) is 20.0. The molecule has 2 aromatic carbocycles. The van der Waals surface area contributed by atoms with Crippen LogP contribution in [0.3, 0.4) is 0 Å². The van der Waals surface area contributed by atoms with Gasteiger partial charge in [-0.05, 0) is 60.0 Å². The van der Waals surface area contributed by atoms with Crippen LogP contribution in [0.5, 0.6) is 5.75 Å². The number of ether oxygens (including phenoxy) is 1. The molecule has 0 aliphatic heterocycles. The molecule has 0 atom stereocenters. The van der Waals surface area contributed by atoms with Gasteiger partial charge in [0.2, 0.25) is 0 Å². The predicted octanol–water partition coefficient (Wildman–Crippen LogP) is 5.72. The van der Waals surface area contributed by atoms with E-state index in [0.29, 0.717) is 12.2 Å². The summed E-state index contributed by atoms with van der Waals surface area (Å²) in [6.07, 6.45) is 8.93. The van der Waals surface area contributed by atoms with Crippen LogP contribution in [-0.4, -0.2) is 28.1 Å². The maximum absolute atomic E-state index is 9.77. The summed E-state index contributed by atoms with van der Waals surface area (Å²) in [4.78, 5) is 11.7. The largest absolute Gasteiger partial charge is 0.492 e. The Morgan fingerprint density at radius 1 is 1.00 bits per heavy atom. The second-order valence-electron chi connectivity index (χ2n) is 8.43. The van der Waals surface area contributed by atoms with Crippen LogP contribution in [0.2, 0.25) is 0 Å². The van der Waals surface area contributed by atoms with Gasteiger partial charge in [-0.3, -0.25) is 9.97 Å². The summed E-state index contributed by atoms with van der Waals surface area (Å²) >= 11 is 0. The van der Waals surface area contributed by atoms with Crippen molar-refractivity contribution < 1.29 is 4.74 Å². The third-order valence-corrected chi connectivity index (χ3v) is 6.09. The van der Waals surface area contributed by atoms with Crippen molar-refractivity contribution in [1.82, 2.24) is 20.3 Å². The molecule has 0 saturated carbocycles. The van der Waals surface area contributed by atoms with Crippen LogP contribution < -0.4 is 15.4 Å². The van der Waals surface area contributed by atoms with E-state index in [1.165, 1.54) is 0 Å². The molecule has 0 aliphatic rings. The number of H-pyrrole nitrogens is 1. The Hall–Kier alpha value is -4.67. The third-order valence-electron chi connectivity index (χ3n) is 6.09. The fourth-order valence-electron chi connectivity index (χ4n) is 4.16. The molecule has 0 fully saturated rings. The topological polar surface area (TPSA) is 98.7 Å². The molecule has 36 heavy (non-hydrogen) atoms. The first-order valence-electron chi connectivity index (χ1n) is 11.8. The smallest absolute Gasteiger partial charge is 0.119 e. The van der Waals surface area contributed by atoms with Gasteiger partial charge in [0.25, 0.3) is 0 Å². The first-order chi connectivity index (χ1) is 17.7. The van der Waals surface area contributed by atoms with Crippen molar-refractivity contribution in [2.75, 3.05) is 18.5 Å². The summed E-state index contributed by atoms with van der Waals surface area (Å²) in [5.74, 6) is 0.787. The highest BCUT2D eigenvalue weighted by Gasteiger charge is 2.14. The fraction of sp³-hybridized carbons (Fsp3) is 0.138. The normalized spacial score (nSPS) is 10.8. The number of pyridine rings is 2. The monoisotopic (exact) mass is 474 g/mol. The predicted molar refractivity (Wildman–Crippen MR) is 142 cm³/mol. The lowest BCUT2D eigenvalue weighted by molar-refractivity contribution is 0.313. The molecule has 0 amide bonds. The van der Waals surface area contributed by atoms with E-state index in [4.69, 9.17) is 4.74 Å². The van der Waals surface area contributed by atoms with Gasteiger partial charge < -0.3 is 20.4 Å². The highest BCUT2D eigenvalue weighted by atomic mass is 16.5. The standard InChI is InChI=1S/C29H26N6O/c1-20-25-10-12-34-28(25)9-8-27(20)35-29-23(15-30)18-33-19-26(29)22-4-6-24(7-5-22)36-14-13-32-17-21-3-2-11-31-16-21/h2-12,16,18-19,32,34H,13-14,17H2,1H3,(H,33,35). The average Bonchev–Trinajstić information content (AvgIpc) is 3.41. The Balaban J connectivity index is 1.29. The van der Waals surface area contributed by atoms with Crippen molar-refractivity contribution in [1.29, 1.82) is 5.26 Å². The highest BCUT2D eigenvalue weighted by molar-refractivity contribution is 5.91. The van der Waals surface area contributed by atoms with Crippen molar-refractivity contribution in [3.8, 4) is 22.9 Å². The van der Waals surface area contributed by atoms with E-state index >= 15 is 0 Å². The molecule has 0 spiro atoms. The minimum absolute atomic E-state index is 0.487. The van der Waals surface area contributed by atoms with Gasteiger partial charge in [-0.15, -0.1) is 0 Å². The van der Waals surface area contributed by atoms with Gasteiger partial charge >= 0.3 is 0 Å². The molecule has 3 aromatic heterocycles. The van der Waals surface area contributed by atoms with Crippen LogP contribution in [0.4, 0.5) is 11.4 Å². The molecule has 0 saturated heterocycles. The Morgan fingerprint density at radius 2 is 1.89 bits per heavy atom. The van der Waals surface area contributed by atoms with Crippen LogP contribution in [-0.2, 0) is 6.54 Å². The van der Waals surface area contributed by atoms with Gasteiger partial charge in [0.05, 0.1) is 11.3 Å². The number of hydrogen-bond donors (Lipinski definition) is 3. The minimum Gasteiger partial charge on any atom is -0.492 e. The molecule has 5 aromatic rings. The Kier molecular flexibility index (Phi) is 6.88. The van der Waals surface area contributed by atoms with E-state index in [-0.39, 0.29) is 0 Å². The molecular weight excluding hydrogens is 448 g/mol. The van der Waals surface area contributed by atoms with Crippen molar-refractivity contribution in [3.63, 3.8) is 0 Å². The maximum Gasteiger partial charge on any atom is 0.119 e. The number of nitrogens with zero attached hydrogens (tertiary/aromatic N) is 3. The summed E-state index contributed by atoms with van der Waals surface area (Å²) in [7, 11) is 0.